The predicted octanol–water partition coefficient (Wildman–Crippen LogP) is 5.27. The molecule has 0 heterocycles. The Morgan fingerprint density at radius 2 is 1.32 bits per heavy atom. The van der Waals surface area contributed by atoms with Crippen LogP contribution in [0.2, 0.25) is 0 Å². The van der Waals surface area contributed by atoms with Gasteiger partial charge in [0.1, 0.15) is 5.83 Å². The highest BCUT2D eigenvalue weighted by Crippen LogP contribution is 2.25. The van der Waals surface area contributed by atoms with E-state index in [0.29, 0.717) is 5.56 Å². The lowest BCUT2D eigenvalue weighted by Gasteiger charge is -2.01. The Balaban J connectivity index is 2.16. The molecule has 0 saturated heterocycles. The van der Waals surface area contributed by atoms with Crippen molar-refractivity contribution in [2.75, 3.05) is 0 Å². The molecule has 0 fully saturated rings. The number of halogens is 4. The van der Waals surface area contributed by atoms with Crippen LogP contribution < -0.4 is 0 Å². The van der Waals surface area contributed by atoms with Gasteiger partial charge in [-0.2, -0.15) is 13.2 Å². The molecule has 0 amide bonds. The summed E-state index contributed by atoms with van der Waals surface area (Å²) < 4.78 is 49.6. The molecule has 0 nitrogen and oxygen atoms in total. The van der Waals surface area contributed by atoms with Gasteiger partial charge in [-0.3, -0.25) is 0 Å². The average Bonchev–Trinajstić information content (AvgIpc) is 2.45. The van der Waals surface area contributed by atoms with Gasteiger partial charge in [0.2, 0.25) is 0 Å². The van der Waals surface area contributed by atoms with Crippen molar-refractivity contribution in [2.24, 2.45) is 0 Å². The number of hydrogen-bond acceptors (Lipinski definition) is 0. The van der Waals surface area contributed by atoms with E-state index in [9.17, 15) is 17.6 Å². The van der Waals surface area contributed by atoms with Gasteiger partial charge >= 0.3 is 6.18 Å². The Kier molecular flexibility index (Phi) is 4.67. The van der Waals surface area contributed by atoms with Gasteiger partial charge in [-0.05, 0) is 31.2 Å². The molecule has 0 atom stereocenters. The molecule has 22 heavy (non-hydrogen) atoms. The lowest BCUT2D eigenvalue weighted by atomic mass is 10.1. The maximum atomic E-state index is 13.4. The number of rotatable bonds is 1. The molecular weight excluding hydrogens is 292 g/mol. The van der Waals surface area contributed by atoms with E-state index in [4.69, 9.17) is 0 Å². The zero-order valence-corrected chi connectivity index (χ0v) is 11.7. The van der Waals surface area contributed by atoms with Crippen LogP contribution in [0.25, 0.3) is 5.83 Å². The van der Waals surface area contributed by atoms with Crippen molar-refractivity contribution in [3.8, 4) is 11.8 Å². The quantitative estimate of drug-likeness (QED) is 0.497. The number of allylic oxidation sites excluding steroid dienone is 1. The van der Waals surface area contributed by atoms with Crippen LogP contribution in [0.4, 0.5) is 17.6 Å². The van der Waals surface area contributed by atoms with Crippen molar-refractivity contribution in [3.05, 3.63) is 76.9 Å². The van der Waals surface area contributed by atoms with Crippen LogP contribution >= 0.6 is 0 Å². The van der Waals surface area contributed by atoms with Crippen molar-refractivity contribution < 1.29 is 17.6 Å². The van der Waals surface area contributed by atoms with E-state index in [1.165, 1.54) is 24.3 Å². The van der Waals surface area contributed by atoms with E-state index >= 15 is 0 Å². The summed E-state index contributed by atoms with van der Waals surface area (Å²) in [5, 5.41) is 0. The molecule has 0 N–H and O–H groups in total. The minimum Gasteiger partial charge on any atom is -0.206 e. The minimum absolute atomic E-state index is 0.127. The van der Waals surface area contributed by atoms with Crippen LogP contribution in [0.3, 0.4) is 0 Å². The molecule has 0 spiro atoms. The molecule has 0 unspecified atom stereocenters. The molecular formula is C18H12F4. The Bertz CT molecular complexity index is 724. The number of benzene rings is 2. The van der Waals surface area contributed by atoms with Crippen molar-refractivity contribution in [1.82, 2.24) is 0 Å². The van der Waals surface area contributed by atoms with Crippen molar-refractivity contribution in [3.63, 3.8) is 0 Å². The van der Waals surface area contributed by atoms with Gasteiger partial charge in [0.25, 0.3) is 0 Å². The molecule has 112 valence electrons. The fourth-order valence-electron chi connectivity index (χ4n) is 1.72. The highest BCUT2D eigenvalue weighted by molar-refractivity contribution is 5.60. The van der Waals surface area contributed by atoms with Gasteiger partial charge in [0, 0.05) is 16.7 Å². The highest BCUT2D eigenvalue weighted by Gasteiger charge is 2.25. The summed E-state index contributed by atoms with van der Waals surface area (Å²) in [7, 11) is 0. The summed E-state index contributed by atoms with van der Waals surface area (Å²) in [6.45, 7) is 1.97. The highest BCUT2D eigenvalue weighted by atomic mass is 19.4. The zero-order valence-electron chi connectivity index (χ0n) is 11.7. The molecule has 2 rings (SSSR count). The van der Waals surface area contributed by atoms with Crippen LogP contribution in [-0.2, 0) is 0 Å². The van der Waals surface area contributed by atoms with Gasteiger partial charge in [-0.15, -0.1) is 0 Å². The van der Waals surface area contributed by atoms with Crippen LogP contribution in [0.1, 0.15) is 22.3 Å². The van der Waals surface area contributed by atoms with Gasteiger partial charge < -0.3 is 0 Å². The number of hydrogen-bond donors (Lipinski definition) is 0. The predicted molar refractivity (Wildman–Crippen MR) is 78.7 cm³/mol. The Morgan fingerprint density at radius 3 is 1.77 bits per heavy atom. The maximum Gasteiger partial charge on any atom is 0.412 e. The second-order valence-electron chi connectivity index (χ2n) is 4.73. The molecule has 0 radical (unpaired) electrons. The van der Waals surface area contributed by atoms with E-state index < -0.39 is 12.0 Å². The first kappa shape index (κ1) is 15.8. The van der Waals surface area contributed by atoms with E-state index in [2.05, 4.69) is 11.8 Å². The molecule has 2 aromatic rings. The molecule has 0 aliphatic carbocycles. The SMILES string of the molecule is Cc1ccc(C#Cc2ccc(/C(F)=C/C(F)(F)F)cc2)cc1. The summed E-state index contributed by atoms with van der Waals surface area (Å²) in [5.41, 5.74) is 2.43. The molecule has 0 saturated carbocycles. The summed E-state index contributed by atoms with van der Waals surface area (Å²) in [4.78, 5) is 0. The molecule has 2 aromatic carbocycles. The first-order valence-electron chi connectivity index (χ1n) is 6.48. The Labute approximate surface area is 126 Å². The van der Waals surface area contributed by atoms with E-state index in [0.717, 1.165) is 11.1 Å². The third kappa shape index (κ3) is 4.78. The first-order chi connectivity index (χ1) is 10.3. The summed E-state index contributed by atoms with van der Waals surface area (Å²) >= 11 is 0. The second-order valence-corrected chi connectivity index (χ2v) is 4.73. The fourth-order valence-corrected chi connectivity index (χ4v) is 1.72. The zero-order chi connectivity index (χ0) is 16.2. The standard InChI is InChI=1S/C18H12F4/c1-13-2-4-14(5-3-13)6-7-15-8-10-16(11-9-15)17(19)12-18(20,21)22/h2-5,8-12H,1H3/b17-12-. The molecule has 0 bridgehead atoms. The molecule has 0 aliphatic heterocycles. The fraction of sp³-hybridized carbons (Fsp3) is 0.111. The van der Waals surface area contributed by atoms with Crippen molar-refractivity contribution >= 4 is 5.83 Å². The van der Waals surface area contributed by atoms with E-state index in [1.54, 1.807) is 0 Å². The van der Waals surface area contributed by atoms with Crippen molar-refractivity contribution in [2.45, 2.75) is 13.1 Å². The average molecular weight is 304 g/mol. The topological polar surface area (TPSA) is 0 Å². The molecule has 0 aliphatic rings. The minimum atomic E-state index is -4.67. The van der Waals surface area contributed by atoms with Gasteiger partial charge in [-0.1, -0.05) is 41.7 Å². The van der Waals surface area contributed by atoms with Crippen LogP contribution in [-0.4, -0.2) is 6.18 Å². The largest absolute Gasteiger partial charge is 0.412 e. The van der Waals surface area contributed by atoms with E-state index in [1.807, 2.05) is 31.2 Å². The van der Waals surface area contributed by atoms with Crippen LogP contribution in [0, 0.1) is 18.8 Å². The first-order valence-corrected chi connectivity index (χ1v) is 6.48. The molecule has 0 aromatic heterocycles. The molecule has 4 heteroatoms. The van der Waals surface area contributed by atoms with Crippen molar-refractivity contribution in [1.29, 1.82) is 0 Å². The van der Waals surface area contributed by atoms with Gasteiger partial charge in [-0.25, -0.2) is 4.39 Å². The number of aryl methyl sites for hydroxylation is 1. The maximum absolute atomic E-state index is 13.4. The third-order valence-electron chi connectivity index (χ3n) is 2.85. The van der Waals surface area contributed by atoms with Gasteiger partial charge in [0.15, 0.2) is 0 Å². The summed E-state index contributed by atoms with van der Waals surface area (Å²) in [5.74, 6) is 4.50. The summed E-state index contributed by atoms with van der Waals surface area (Å²) in [6.07, 6.45) is -5.03. The second kappa shape index (κ2) is 6.48. The van der Waals surface area contributed by atoms with Gasteiger partial charge in [0.05, 0.1) is 6.08 Å². The van der Waals surface area contributed by atoms with Crippen LogP contribution in [0.5, 0.6) is 0 Å². The Morgan fingerprint density at radius 1 is 0.864 bits per heavy atom. The Hall–Kier alpha value is -2.54. The monoisotopic (exact) mass is 304 g/mol. The number of alkyl halides is 3. The normalized spacial score (nSPS) is 11.8. The smallest absolute Gasteiger partial charge is 0.206 e. The van der Waals surface area contributed by atoms with Crippen LogP contribution in [0.15, 0.2) is 54.6 Å². The summed E-state index contributed by atoms with van der Waals surface area (Å²) in [6, 6.07) is 13.1. The van der Waals surface area contributed by atoms with E-state index in [-0.39, 0.29) is 11.6 Å². The lowest BCUT2D eigenvalue weighted by Crippen LogP contribution is -2.01. The lowest BCUT2D eigenvalue weighted by molar-refractivity contribution is -0.0798. The third-order valence-corrected chi connectivity index (χ3v) is 2.85.